The van der Waals surface area contributed by atoms with Crippen molar-refractivity contribution in [3.05, 3.63) is 204 Å². The molecule has 0 radical (unpaired) electrons. The number of anilines is 5. The van der Waals surface area contributed by atoms with Gasteiger partial charge in [-0.25, -0.2) is 0 Å². The summed E-state index contributed by atoms with van der Waals surface area (Å²) >= 11 is 0. The number of nitrogens with zero attached hydrogens (tertiary/aromatic N) is 2. The van der Waals surface area contributed by atoms with Gasteiger partial charge in [0.1, 0.15) is 0 Å². The van der Waals surface area contributed by atoms with Gasteiger partial charge in [-0.3, -0.25) is 0 Å². The number of para-hydroxylation sites is 2. The number of benzene rings is 8. The second kappa shape index (κ2) is 13.5. The monoisotopic (exact) mass is 710 g/mol. The molecule has 0 amide bonds. The molecule has 0 saturated carbocycles. The highest BCUT2D eigenvalue weighted by Crippen LogP contribution is 2.52. The number of rotatable bonds is 6. The molecular formula is C53H46N2. The molecule has 1 aliphatic rings. The fourth-order valence-electron chi connectivity index (χ4n) is 8.22. The van der Waals surface area contributed by atoms with Crippen molar-refractivity contribution in [2.45, 2.75) is 45.4 Å². The maximum atomic E-state index is 2.44. The van der Waals surface area contributed by atoms with Gasteiger partial charge in [0, 0.05) is 28.7 Å². The average Bonchev–Trinajstić information content (AvgIpc) is 3.21. The van der Waals surface area contributed by atoms with Crippen LogP contribution in [0.3, 0.4) is 0 Å². The number of fused-ring (bicyclic) bond motifs is 4. The first-order valence-corrected chi connectivity index (χ1v) is 19.3. The van der Waals surface area contributed by atoms with E-state index in [-0.39, 0.29) is 10.8 Å². The van der Waals surface area contributed by atoms with E-state index in [4.69, 9.17) is 0 Å². The molecule has 0 fully saturated rings. The molecule has 0 unspecified atom stereocenters. The molecule has 2 nitrogen and oxygen atoms in total. The molecule has 0 spiro atoms. The van der Waals surface area contributed by atoms with E-state index in [1.54, 1.807) is 0 Å². The molecule has 1 aliphatic heterocycles. The van der Waals surface area contributed by atoms with E-state index in [9.17, 15) is 0 Å². The largest absolute Gasteiger partial charge is 0.317 e. The van der Waals surface area contributed by atoms with E-state index < -0.39 is 0 Å². The summed E-state index contributed by atoms with van der Waals surface area (Å²) in [4.78, 5) is 4.71. The van der Waals surface area contributed by atoms with E-state index in [1.807, 2.05) is 0 Å². The van der Waals surface area contributed by atoms with Crippen LogP contribution in [-0.4, -0.2) is 0 Å². The minimum absolute atomic E-state index is 0.104. The van der Waals surface area contributed by atoms with Crippen molar-refractivity contribution in [1.82, 2.24) is 0 Å². The highest BCUT2D eigenvalue weighted by atomic mass is 15.2. The van der Waals surface area contributed by atoms with E-state index >= 15 is 0 Å². The van der Waals surface area contributed by atoms with Gasteiger partial charge in [0.2, 0.25) is 0 Å². The van der Waals surface area contributed by atoms with Crippen molar-refractivity contribution in [1.29, 1.82) is 0 Å². The Kier molecular flexibility index (Phi) is 8.43. The Morgan fingerprint density at radius 1 is 0.491 bits per heavy atom. The van der Waals surface area contributed by atoms with Crippen LogP contribution in [-0.2, 0) is 10.8 Å². The van der Waals surface area contributed by atoms with Crippen molar-refractivity contribution in [3.63, 3.8) is 0 Å². The fourth-order valence-corrected chi connectivity index (χ4v) is 8.22. The van der Waals surface area contributed by atoms with Gasteiger partial charge in [-0.15, -0.1) is 0 Å². The molecule has 1 heterocycles. The predicted molar refractivity (Wildman–Crippen MR) is 236 cm³/mol. The van der Waals surface area contributed by atoms with Crippen LogP contribution in [0.2, 0.25) is 0 Å². The zero-order chi connectivity index (χ0) is 37.7. The van der Waals surface area contributed by atoms with Crippen LogP contribution in [0.1, 0.15) is 56.9 Å². The van der Waals surface area contributed by atoms with E-state index in [2.05, 4.69) is 233 Å². The van der Waals surface area contributed by atoms with Gasteiger partial charge >= 0.3 is 0 Å². The highest BCUT2D eigenvalue weighted by Gasteiger charge is 2.37. The highest BCUT2D eigenvalue weighted by molar-refractivity contribution is 5.92. The van der Waals surface area contributed by atoms with Gasteiger partial charge in [-0.1, -0.05) is 144 Å². The van der Waals surface area contributed by atoms with Crippen LogP contribution in [0.5, 0.6) is 0 Å². The van der Waals surface area contributed by atoms with Gasteiger partial charge in [0.25, 0.3) is 0 Å². The first-order valence-electron chi connectivity index (χ1n) is 19.3. The summed E-state index contributed by atoms with van der Waals surface area (Å²) in [6.45, 7) is 11.5. The molecule has 8 aromatic rings. The normalized spacial score (nSPS) is 13.6. The van der Waals surface area contributed by atoms with Crippen LogP contribution in [0, 0.1) is 0 Å². The second-order valence-electron chi connectivity index (χ2n) is 16.4. The summed E-state index contributed by atoms with van der Waals surface area (Å²) in [5, 5.41) is 4.92. The van der Waals surface area contributed by atoms with Crippen molar-refractivity contribution in [3.8, 4) is 11.1 Å². The minimum Gasteiger partial charge on any atom is -0.317 e. The Balaban J connectivity index is 1.05. The van der Waals surface area contributed by atoms with Crippen LogP contribution < -0.4 is 9.80 Å². The van der Waals surface area contributed by atoms with Gasteiger partial charge in [0.05, 0.1) is 11.4 Å². The summed E-state index contributed by atoms with van der Waals surface area (Å²) < 4.78 is 0. The Morgan fingerprint density at radius 2 is 1.11 bits per heavy atom. The molecule has 268 valence electrons. The SMILES string of the molecule is CC(C)(C)c1ccc(N2c3ccccc3C(C)(C)c3cc(-c4ccc5cc(/C=C/N(c6ccccc6)c6ccc7ccccc7c6)ccc5c4)ccc32)cc1. The summed E-state index contributed by atoms with van der Waals surface area (Å²) in [7, 11) is 0. The molecule has 0 atom stereocenters. The van der Waals surface area contributed by atoms with Crippen molar-refractivity contribution in [2.24, 2.45) is 0 Å². The fraction of sp³-hybridized carbons (Fsp3) is 0.132. The van der Waals surface area contributed by atoms with E-state index in [0.29, 0.717) is 0 Å². The summed E-state index contributed by atoms with van der Waals surface area (Å²) in [5.74, 6) is 0. The van der Waals surface area contributed by atoms with E-state index in [1.165, 1.54) is 66.4 Å². The van der Waals surface area contributed by atoms with Gasteiger partial charge < -0.3 is 9.80 Å². The average molecular weight is 711 g/mol. The number of hydrogen-bond donors (Lipinski definition) is 0. The Hall–Kier alpha value is -6.38. The first-order chi connectivity index (χ1) is 26.6. The number of hydrogen-bond acceptors (Lipinski definition) is 2. The molecule has 2 heteroatoms. The topological polar surface area (TPSA) is 6.48 Å². The molecule has 0 bridgehead atoms. The van der Waals surface area contributed by atoms with Gasteiger partial charge in [0.15, 0.2) is 0 Å². The van der Waals surface area contributed by atoms with Gasteiger partial charge in [-0.05, 0) is 133 Å². The molecule has 0 saturated heterocycles. The standard InChI is InChI=1S/C53H46N2/c1-52(2,3)44-25-28-46(29-26-44)55-50-18-12-11-17-48(50)53(4,5)49-36-43(24-30-51(49)55)42-22-21-40-33-37(19-20-41(40)34-42)31-32-54(45-15-7-6-8-16-45)47-27-23-38-13-9-10-14-39(38)35-47/h6-36H,1-5H3/b32-31+. The molecular weight excluding hydrogens is 665 g/mol. The molecule has 9 rings (SSSR count). The van der Waals surface area contributed by atoms with Crippen LogP contribution in [0.4, 0.5) is 28.4 Å². The lowest BCUT2D eigenvalue weighted by molar-refractivity contribution is 0.590. The maximum absolute atomic E-state index is 2.44. The zero-order valence-electron chi connectivity index (χ0n) is 32.3. The second-order valence-corrected chi connectivity index (χ2v) is 16.4. The third-order valence-electron chi connectivity index (χ3n) is 11.4. The minimum atomic E-state index is -0.164. The van der Waals surface area contributed by atoms with Crippen LogP contribution >= 0.6 is 0 Å². The predicted octanol–water partition coefficient (Wildman–Crippen LogP) is 14.9. The molecule has 0 aliphatic carbocycles. The van der Waals surface area contributed by atoms with Crippen molar-refractivity contribution >= 4 is 56.1 Å². The van der Waals surface area contributed by atoms with Crippen LogP contribution in [0.15, 0.2) is 182 Å². The van der Waals surface area contributed by atoms with Gasteiger partial charge in [-0.2, -0.15) is 0 Å². The third kappa shape index (κ3) is 6.38. The molecule has 0 N–H and O–H groups in total. The molecule has 55 heavy (non-hydrogen) atoms. The summed E-state index contributed by atoms with van der Waals surface area (Å²) in [6, 6.07) is 64.5. The Labute approximate surface area is 325 Å². The lowest BCUT2D eigenvalue weighted by Crippen LogP contribution is -2.30. The van der Waals surface area contributed by atoms with Crippen LogP contribution in [0.25, 0.3) is 38.7 Å². The quantitative estimate of drug-likeness (QED) is 0.169. The van der Waals surface area contributed by atoms with E-state index in [0.717, 1.165) is 16.9 Å². The molecule has 8 aromatic carbocycles. The third-order valence-corrected chi connectivity index (χ3v) is 11.4. The summed E-state index contributed by atoms with van der Waals surface area (Å²) in [6.07, 6.45) is 4.39. The van der Waals surface area contributed by atoms with Crippen molar-refractivity contribution < 1.29 is 0 Å². The van der Waals surface area contributed by atoms with Crippen molar-refractivity contribution in [2.75, 3.05) is 9.80 Å². The zero-order valence-corrected chi connectivity index (χ0v) is 32.3. The first kappa shape index (κ1) is 34.4. The lowest BCUT2D eigenvalue weighted by atomic mass is 9.73. The molecule has 0 aromatic heterocycles. The Morgan fingerprint density at radius 3 is 1.91 bits per heavy atom. The summed E-state index contributed by atoms with van der Waals surface area (Å²) in [5.41, 5.74) is 13.5. The Bertz CT molecular complexity index is 2710. The smallest absolute Gasteiger partial charge is 0.0503 e. The lowest BCUT2D eigenvalue weighted by Gasteiger charge is -2.42. The maximum Gasteiger partial charge on any atom is 0.0503 e.